The van der Waals surface area contributed by atoms with Crippen molar-refractivity contribution >= 4 is 45.4 Å². The van der Waals surface area contributed by atoms with Crippen LogP contribution in [0.3, 0.4) is 0 Å². The van der Waals surface area contributed by atoms with Gasteiger partial charge >= 0.3 is 0 Å². The summed E-state index contributed by atoms with van der Waals surface area (Å²) in [6, 6.07) is 15.7. The summed E-state index contributed by atoms with van der Waals surface area (Å²) in [4.78, 5) is 6.06. The smallest absolute Gasteiger partial charge is 0.188 e. The highest BCUT2D eigenvalue weighted by Gasteiger charge is 2.13. The lowest BCUT2D eigenvalue weighted by molar-refractivity contribution is 0.938. The van der Waals surface area contributed by atoms with E-state index in [-0.39, 0.29) is 0 Å². The minimum absolute atomic E-state index is 0.589. The Hall–Kier alpha value is -1.55. The topological polar surface area (TPSA) is 24.9 Å². The Balaban J connectivity index is 1.94. The third-order valence-corrected chi connectivity index (χ3v) is 4.97. The fourth-order valence-electron chi connectivity index (χ4n) is 2.33. The van der Waals surface area contributed by atoms with E-state index in [0.29, 0.717) is 10.0 Å². The summed E-state index contributed by atoms with van der Waals surface area (Å²) in [6.45, 7) is 2.18. The average Bonchev–Trinajstić information content (AvgIpc) is 2.94. The van der Waals surface area contributed by atoms with E-state index in [4.69, 9.17) is 28.2 Å². The zero-order valence-corrected chi connectivity index (χ0v) is 15.0. The van der Waals surface area contributed by atoms with Crippen LogP contribution in [0.5, 0.6) is 0 Å². The van der Waals surface area contributed by atoms with Gasteiger partial charge in [0.05, 0.1) is 16.4 Å². The van der Waals surface area contributed by atoms with Gasteiger partial charge in [-0.15, -0.1) is 11.3 Å². The minimum Gasteiger partial charge on any atom is -0.330 e. The summed E-state index contributed by atoms with van der Waals surface area (Å²) in [6.07, 6.45) is 2.10. The first kappa shape index (κ1) is 16.3. The molecule has 0 bridgehead atoms. The molecule has 0 saturated heterocycles. The molecule has 1 aromatic heterocycles. The molecule has 0 radical (unpaired) electrons. The predicted octanol–water partition coefficient (Wildman–Crippen LogP) is 6.81. The van der Waals surface area contributed by atoms with Crippen molar-refractivity contribution in [1.82, 2.24) is 4.98 Å². The molecule has 5 heteroatoms. The van der Waals surface area contributed by atoms with Crippen LogP contribution in [0.1, 0.15) is 18.2 Å². The summed E-state index contributed by atoms with van der Waals surface area (Å²) >= 11 is 13.9. The molecule has 0 fully saturated rings. The van der Waals surface area contributed by atoms with Gasteiger partial charge in [-0.25, -0.2) is 4.98 Å². The molecule has 0 spiro atoms. The van der Waals surface area contributed by atoms with Crippen molar-refractivity contribution in [2.75, 3.05) is 5.32 Å². The van der Waals surface area contributed by atoms with Gasteiger partial charge in [0.1, 0.15) is 0 Å². The van der Waals surface area contributed by atoms with Gasteiger partial charge in [-0.3, -0.25) is 0 Å². The van der Waals surface area contributed by atoms with E-state index in [0.717, 1.165) is 34.9 Å². The molecule has 3 aromatic rings. The standard InChI is InChI=1S/C18H16Cl2N2S/c1-2-6-16-17(12-7-4-3-5-8-12)22-18(23-16)21-15-10-9-13(19)11-14(15)20/h3-5,7-11H,2,6H2,1H3,(H,21,22). The normalized spacial score (nSPS) is 10.7. The molecule has 0 atom stereocenters. The second-order valence-electron chi connectivity index (χ2n) is 5.16. The lowest BCUT2D eigenvalue weighted by Gasteiger charge is -2.05. The fraction of sp³-hybridized carbons (Fsp3) is 0.167. The Morgan fingerprint density at radius 1 is 1.09 bits per heavy atom. The van der Waals surface area contributed by atoms with E-state index in [1.54, 1.807) is 17.4 Å². The average molecular weight is 363 g/mol. The van der Waals surface area contributed by atoms with Gasteiger partial charge in [-0.1, -0.05) is 66.9 Å². The molecule has 3 rings (SSSR count). The number of nitrogens with one attached hydrogen (secondary N) is 1. The Morgan fingerprint density at radius 3 is 2.57 bits per heavy atom. The molecular weight excluding hydrogens is 347 g/mol. The van der Waals surface area contributed by atoms with Crippen LogP contribution in [-0.4, -0.2) is 4.98 Å². The summed E-state index contributed by atoms with van der Waals surface area (Å²) in [7, 11) is 0. The van der Waals surface area contributed by atoms with Crippen LogP contribution in [-0.2, 0) is 6.42 Å². The third-order valence-electron chi connectivity index (χ3n) is 3.39. The van der Waals surface area contributed by atoms with Crippen molar-refractivity contribution in [3.8, 4) is 11.3 Å². The molecule has 0 aliphatic heterocycles. The van der Waals surface area contributed by atoms with E-state index in [1.165, 1.54) is 4.88 Å². The maximum Gasteiger partial charge on any atom is 0.188 e. The fourth-order valence-corrected chi connectivity index (χ4v) is 3.88. The third kappa shape index (κ3) is 3.86. The molecule has 1 heterocycles. The quantitative estimate of drug-likeness (QED) is 0.538. The monoisotopic (exact) mass is 362 g/mol. The van der Waals surface area contributed by atoms with Gasteiger partial charge in [0, 0.05) is 15.5 Å². The van der Waals surface area contributed by atoms with Gasteiger partial charge in [-0.2, -0.15) is 0 Å². The molecular formula is C18H16Cl2N2S. The number of hydrogen-bond donors (Lipinski definition) is 1. The number of thiazole rings is 1. The van der Waals surface area contributed by atoms with Crippen LogP contribution < -0.4 is 5.32 Å². The number of benzene rings is 2. The van der Waals surface area contributed by atoms with Crippen molar-refractivity contribution in [2.24, 2.45) is 0 Å². The molecule has 2 nitrogen and oxygen atoms in total. The van der Waals surface area contributed by atoms with Crippen LogP contribution in [0.4, 0.5) is 10.8 Å². The Bertz CT molecular complexity index is 800. The van der Waals surface area contributed by atoms with E-state index < -0.39 is 0 Å². The molecule has 118 valence electrons. The molecule has 23 heavy (non-hydrogen) atoms. The van der Waals surface area contributed by atoms with Gasteiger partial charge in [-0.05, 0) is 24.6 Å². The first-order valence-corrected chi connectivity index (χ1v) is 9.02. The van der Waals surface area contributed by atoms with Crippen molar-refractivity contribution < 1.29 is 0 Å². The Labute approximate surface area is 150 Å². The van der Waals surface area contributed by atoms with Crippen LogP contribution in [0.15, 0.2) is 48.5 Å². The zero-order chi connectivity index (χ0) is 16.2. The highest BCUT2D eigenvalue weighted by molar-refractivity contribution is 7.16. The van der Waals surface area contributed by atoms with Crippen molar-refractivity contribution in [3.05, 3.63) is 63.5 Å². The largest absolute Gasteiger partial charge is 0.330 e. The highest BCUT2D eigenvalue weighted by atomic mass is 35.5. The SMILES string of the molecule is CCCc1sc(Nc2ccc(Cl)cc2Cl)nc1-c1ccccc1. The van der Waals surface area contributed by atoms with Crippen LogP contribution in [0.2, 0.25) is 10.0 Å². The molecule has 0 amide bonds. The minimum atomic E-state index is 0.589. The molecule has 2 aromatic carbocycles. The van der Waals surface area contributed by atoms with Crippen molar-refractivity contribution in [1.29, 1.82) is 0 Å². The van der Waals surface area contributed by atoms with Gasteiger partial charge in [0.25, 0.3) is 0 Å². The highest BCUT2D eigenvalue weighted by Crippen LogP contribution is 2.35. The number of halogens is 2. The number of anilines is 2. The molecule has 1 N–H and O–H groups in total. The first-order valence-electron chi connectivity index (χ1n) is 7.44. The zero-order valence-electron chi connectivity index (χ0n) is 12.6. The lowest BCUT2D eigenvalue weighted by Crippen LogP contribution is -1.90. The molecule has 0 saturated carbocycles. The number of rotatable bonds is 5. The molecule has 0 aliphatic carbocycles. The van der Waals surface area contributed by atoms with E-state index in [1.807, 2.05) is 30.3 Å². The first-order chi connectivity index (χ1) is 11.2. The van der Waals surface area contributed by atoms with E-state index in [9.17, 15) is 0 Å². The second-order valence-corrected chi connectivity index (χ2v) is 7.08. The summed E-state index contributed by atoms with van der Waals surface area (Å²) in [5.74, 6) is 0. The maximum absolute atomic E-state index is 6.23. The van der Waals surface area contributed by atoms with Gasteiger partial charge in [0.2, 0.25) is 0 Å². The number of aromatic nitrogens is 1. The Morgan fingerprint density at radius 2 is 1.87 bits per heavy atom. The summed E-state index contributed by atoms with van der Waals surface area (Å²) < 4.78 is 0. The number of nitrogens with zero attached hydrogens (tertiary/aromatic N) is 1. The second kappa shape index (κ2) is 7.35. The van der Waals surface area contributed by atoms with Crippen LogP contribution in [0.25, 0.3) is 11.3 Å². The number of aryl methyl sites for hydroxylation is 1. The van der Waals surface area contributed by atoms with E-state index >= 15 is 0 Å². The van der Waals surface area contributed by atoms with Crippen LogP contribution in [0, 0.1) is 0 Å². The summed E-state index contributed by atoms with van der Waals surface area (Å²) in [5.41, 5.74) is 3.00. The van der Waals surface area contributed by atoms with Crippen LogP contribution >= 0.6 is 34.5 Å². The van der Waals surface area contributed by atoms with Gasteiger partial charge in [0.15, 0.2) is 5.13 Å². The maximum atomic E-state index is 6.23. The Kier molecular flexibility index (Phi) is 5.21. The van der Waals surface area contributed by atoms with E-state index in [2.05, 4.69) is 24.4 Å². The number of hydrogen-bond acceptors (Lipinski definition) is 3. The van der Waals surface area contributed by atoms with Gasteiger partial charge < -0.3 is 5.32 Å². The predicted molar refractivity (Wildman–Crippen MR) is 101 cm³/mol. The lowest BCUT2D eigenvalue weighted by atomic mass is 10.1. The van der Waals surface area contributed by atoms with Crippen molar-refractivity contribution in [2.45, 2.75) is 19.8 Å². The molecule has 0 aliphatic rings. The summed E-state index contributed by atoms with van der Waals surface area (Å²) in [5, 5.41) is 5.36. The van der Waals surface area contributed by atoms with Crippen molar-refractivity contribution in [3.63, 3.8) is 0 Å². The molecule has 0 unspecified atom stereocenters.